The highest BCUT2D eigenvalue weighted by Crippen LogP contribution is 2.63. The van der Waals surface area contributed by atoms with Crippen molar-refractivity contribution in [1.82, 2.24) is 5.32 Å². The molecule has 51 heavy (non-hydrogen) atoms. The second-order valence-electron chi connectivity index (χ2n) is 15.2. The normalized spacial score (nSPS) is 34.0. The molecule has 2 aliphatic carbocycles. The van der Waals surface area contributed by atoms with E-state index in [9.17, 15) is 24.9 Å². The van der Waals surface area contributed by atoms with Crippen LogP contribution >= 0.6 is 0 Å². The third-order valence-corrected chi connectivity index (χ3v) is 11.9. The Balaban J connectivity index is 1.47. The van der Waals surface area contributed by atoms with Gasteiger partial charge in [0.1, 0.15) is 12.8 Å². The Labute approximate surface area is 303 Å². The van der Waals surface area contributed by atoms with E-state index in [0.717, 1.165) is 46.3 Å². The van der Waals surface area contributed by atoms with Gasteiger partial charge in [-0.15, -0.1) is 0 Å². The molecule has 2 heterocycles. The number of carbonyl (C=O) groups excluding carboxylic acids is 2. The SMILES string of the molecule is C=C1/C=C/C=C(/[C@H]2CC[C@@]3([C@H](CCCO)/C(=C(\C)C(=O)Cc4cccc5c4CC(=O)N[C@H]5N)CC[C@@]3(C)O)[C@@H]2O)COCC#CC/C(C)=C/CC1. The third-order valence-electron chi connectivity index (χ3n) is 11.9. The number of rotatable bonds is 7. The lowest BCUT2D eigenvalue weighted by atomic mass is 9.52. The number of allylic oxidation sites excluding steroid dienone is 8. The molecule has 0 saturated heterocycles. The first-order valence-electron chi connectivity index (χ1n) is 18.5. The van der Waals surface area contributed by atoms with E-state index in [2.05, 4.69) is 36.7 Å². The van der Waals surface area contributed by atoms with Gasteiger partial charge in [0.2, 0.25) is 5.91 Å². The van der Waals surface area contributed by atoms with Gasteiger partial charge in [-0.3, -0.25) is 9.59 Å². The Hall–Kier alpha value is -3.58. The summed E-state index contributed by atoms with van der Waals surface area (Å²) in [5.74, 6) is 5.49. The van der Waals surface area contributed by atoms with Crippen molar-refractivity contribution in [2.75, 3.05) is 19.8 Å². The number of fused-ring (bicyclic) bond motifs is 1. The number of Topliss-reactive ketones (excluding diaryl/α,β-unsaturated/α-hetero) is 1. The third kappa shape index (κ3) is 8.40. The van der Waals surface area contributed by atoms with Crippen LogP contribution in [0.5, 0.6) is 0 Å². The first-order valence-corrected chi connectivity index (χ1v) is 18.5. The monoisotopic (exact) mass is 696 g/mol. The highest BCUT2D eigenvalue weighted by molar-refractivity contribution is 5.97. The fourth-order valence-corrected chi connectivity index (χ4v) is 9.06. The molecule has 1 aromatic carbocycles. The molecule has 5 rings (SSSR count). The molecule has 8 heteroatoms. The summed E-state index contributed by atoms with van der Waals surface area (Å²) in [5, 5.41) is 37.5. The Morgan fingerprint density at radius 3 is 2.80 bits per heavy atom. The van der Waals surface area contributed by atoms with Crippen molar-refractivity contribution >= 4 is 11.7 Å². The summed E-state index contributed by atoms with van der Waals surface area (Å²) >= 11 is 0. The van der Waals surface area contributed by atoms with Crippen LogP contribution in [0, 0.1) is 29.1 Å². The zero-order valence-corrected chi connectivity index (χ0v) is 30.6. The van der Waals surface area contributed by atoms with Crippen LogP contribution < -0.4 is 11.1 Å². The van der Waals surface area contributed by atoms with Crippen molar-refractivity contribution in [3.8, 4) is 11.8 Å². The van der Waals surface area contributed by atoms with E-state index >= 15 is 0 Å². The van der Waals surface area contributed by atoms with E-state index in [1.165, 1.54) is 5.57 Å². The van der Waals surface area contributed by atoms with Crippen LogP contribution in [0.2, 0.25) is 0 Å². The van der Waals surface area contributed by atoms with Crippen LogP contribution in [0.4, 0.5) is 0 Å². The Morgan fingerprint density at radius 1 is 1.22 bits per heavy atom. The molecule has 1 spiro atoms. The van der Waals surface area contributed by atoms with Gasteiger partial charge in [-0.1, -0.05) is 77.6 Å². The summed E-state index contributed by atoms with van der Waals surface area (Å²) in [5.41, 5.74) is 11.2. The molecule has 0 bridgehead atoms. The maximum absolute atomic E-state index is 14.1. The van der Waals surface area contributed by atoms with Gasteiger partial charge in [0.05, 0.1) is 24.7 Å². The Kier molecular flexibility index (Phi) is 12.8. The van der Waals surface area contributed by atoms with Gasteiger partial charge in [0.25, 0.3) is 0 Å². The lowest BCUT2D eigenvalue weighted by Gasteiger charge is -2.55. The molecule has 274 valence electrons. The van der Waals surface area contributed by atoms with Crippen molar-refractivity contribution in [2.24, 2.45) is 23.0 Å². The average molecular weight is 697 g/mol. The van der Waals surface area contributed by atoms with E-state index < -0.39 is 23.3 Å². The van der Waals surface area contributed by atoms with Crippen molar-refractivity contribution in [3.05, 3.63) is 93.6 Å². The van der Waals surface area contributed by atoms with Crippen LogP contribution in [-0.2, 0) is 27.2 Å². The summed E-state index contributed by atoms with van der Waals surface area (Å²) in [6.07, 6.45) is 12.6. The molecule has 0 radical (unpaired) electrons. The summed E-state index contributed by atoms with van der Waals surface area (Å²) < 4.78 is 6.05. The maximum Gasteiger partial charge on any atom is 0.225 e. The van der Waals surface area contributed by atoms with Gasteiger partial charge in [-0.2, -0.15) is 0 Å². The predicted molar refractivity (Wildman–Crippen MR) is 200 cm³/mol. The first-order chi connectivity index (χ1) is 24.4. The van der Waals surface area contributed by atoms with Gasteiger partial charge in [-0.05, 0) is 106 Å². The molecule has 2 aliphatic heterocycles. The molecular weight excluding hydrogens is 640 g/mol. The van der Waals surface area contributed by atoms with Crippen molar-refractivity contribution in [3.63, 3.8) is 0 Å². The van der Waals surface area contributed by atoms with Gasteiger partial charge < -0.3 is 31.1 Å². The fraction of sp³-hybridized carbons (Fsp3) is 0.535. The molecule has 6 N–H and O–H groups in total. The topological polar surface area (TPSA) is 142 Å². The number of nitrogens with one attached hydrogen (secondary N) is 1. The highest BCUT2D eigenvalue weighted by atomic mass is 16.5. The number of amides is 1. The minimum absolute atomic E-state index is 0.0310. The predicted octanol–water partition coefficient (Wildman–Crippen LogP) is 5.62. The number of ether oxygens (including phenoxy) is 1. The summed E-state index contributed by atoms with van der Waals surface area (Å²) in [6, 6.07) is 5.64. The lowest BCUT2D eigenvalue weighted by molar-refractivity contribution is -0.167. The lowest BCUT2D eigenvalue weighted by Crippen LogP contribution is -2.59. The molecule has 1 amide bonds. The number of aliphatic hydroxyl groups is 3. The standard InChI is InChI=1S/C43H56N2O6/c1-28-11-5-6-24-51-27-32(16-8-14-29(2)13-7-12-28)34-20-22-43(40(34)49)37(18-10-23-46)33(19-21-42(43,4)50)30(3)38(47)25-31-15-9-17-35-36(31)26-39(48)45-41(35)44/h8-9,12,14-17,34,37,40-41,46,49-50H,2,7,10-11,13,18-27,44H2,1,3-4H3,(H,45,48)/b14-8+,28-12+,32-16+,33-30+/t34-,37-,40-,41-,42-,43-/m1/s1. The van der Waals surface area contributed by atoms with Crippen molar-refractivity contribution in [1.29, 1.82) is 0 Å². The number of hydrogen-bond donors (Lipinski definition) is 5. The van der Waals surface area contributed by atoms with Crippen LogP contribution in [-0.4, -0.2) is 58.5 Å². The van der Waals surface area contributed by atoms with E-state index in [1.807, 2.05) is 50.3 Å². The average Bonchev–Trinajstić information content (AvgIpc) is 3.43. The van der Waals surface area contributed by atoms with Crippen LogP contribution in [0.25, 0.3) is 0 Å². The van der Waals surface area contributed by atoms with E-state index in [4.69, 9.17) is 10.5 Å². The van der Waals surface area contributed by atoms with E-state index in [-0.39, 0.29) is 49.6 Å². The van der Waals surface area contributed by atoms with Gasteiger partial charge in [0, 0.05) is 30.8 Å². The fourth-order valence-electron chi connectivity index (χ4n) is 9.06. The Morgan fingerprint density at radius 2 is 2.02 bits per heavy atom. The van der Waals surface area contributed by atoms with Gasteiger partial charge in [-0.25, -0.2) is 0 Å². The largest absolute Gasteiger partial charge is 0.396 e. The molecule has 2 fully saturated rings. The molecule has 4 aliphatic rings. The van der Waals surface area contributed by atoms with Crippen molar-refractivity contribution in [2.45, 2.75) is 109 Å². The van der Waals surface area contributed by atoms with Gasteiger partial charge >= 0.3 is 0 Å². The van der Waals surface area contributed by atoms with Crippen molar-refractivity contribution < 1.29 is 29.6 Å². The second kappa shape index (κ2) is 16.8. The number of nitrogens with two attached hydrogens (primary N) is 1. The summed E-state index contributed by atoms with van der Waals surface area (Å²) in [6.45, 7) is 10.5. The summed E-state index contributed by atoms with van der Waals surface area (Å²) in [7, 11) is 0. The molecule has 1 aromatic rings. The molecule has 2 saturated carbocycles. The quantitative estimate of drug-likeness (QED) is 0.142. The zero-order chi connectivity index (χ0) is 36.8. The molecule has 0 unspecified atom stereocenters. The van der Waals surface area contributed by atoms with Crippen LogP contribution in [0.1, 0.15) is 101 Å². The zero-order valence-electron chi connectivity index (χ0n) is 30.6. The molecule has 6 atom stereocenters. The summed E-state index contributed by atoms with van der Waals surface area (Å²) in [4.78, 5) is 26.5. The first kappa shape index (κ1) is 38.6. The van der Waals surface area contributed by atoms with E-state index in [1.54, 1.807) is 0 Å². The Bertz CT molecular complexity index is 1690. The number of benzene rings is 1. The van der Waals surface area contributed by atoms with E-state index in [0.29, 0.717) is 57.1 Å². The molecular formula is C43H56N2O6. The van der Waals surface area contributed by atoms with Crippen LogP contribution in [0.15, 0.2) is 76.9 Å². The molecule has 8 nitrogen and oxygen atoms in total. The smallest absolute Gasteiger partial charge is 0.225 e. The number of aliphatic hydroxyl groups excluding tert-OH is 2. The highest BCUT2D eigenvalue weighted by Gasteiger charge is 2.64. The number of ketones is 1. The minimum Gasteiger partial charge on any atom is -0.396 e. The minimum atomic E-state index is -1.21. The maximum atomic E-state index is 14.1. The van der Waals surface area contributed by atoms with Gasteiger partial charge in [0.15, 0.2) is 5.78 Å². The second-order valence-corrected chi connectivity index (χ2v) is 15.2. The number of carbonyl (C=O) groups is 2. The van der Waals surface area contributed by atoms with Crippen LogP contribution in [0.3, 0.4) is 0 Å². The molecule has 0 aromatic heterocycles. The number of hydrogen-bond acceptors (Lipinski definition) is 7.